The summed E-state index contributed by atoms with van der Waals surface area (Å²) in [6.45, 7) is 1.90. The van der Waals surface area contributed by atoms with Crippen molar-refractivity contribution in [2.45, 2.75) is 6.92 Å². The summed E-state index contributed by atoms with van der Waals surface area (Å²) in [7, 11) is 1.91. The molecule has 5 aromatic heterocycles. The molecule has 5 heterocycles. The molecule has 0 aliphatic carbocycles. The van der Waals surface area contributed by atoms with Gasteiger partial charge in [0.25, 0.3) is 5.91 Å². The Morgan fingerprint density at radius 1 is 1.09 bits per heavy atom. The van der Waals surface area contributed by atoms with Crippen LogP contribution in [0.1, 0.15) is 16.2 Å². The van der Waals surface area contributed by atoms with E-state index in [2.05, 4.69) is 25.3 Å². The second-order valence-electron chi connectivity index (χ2n) is 8.15. The number of aryl methyl sites for hydroxylation is 1. The number of fused-ring (bicyclic) bond motifs is 2. The lowest BCUT2D eigenvalue weighted by molar-refractivity contribution is 0.102. The molecule has 35 heavy (non-hydrogen) atoms. The van der Waals surface area contributed by atoms with Crippen molar-refractivity contribution in [1.29, 1.82) is 0 Å². The topological polar surface area (TPSA) is 106 Å². The third-order valence-electron chi connectivity index (χ3n) is 5.97. The number of imidazole rings is 2. The number of aromatic nitrogens is 7. The van der Waals surface area contributed by atoms with Gasteiger partial charge in [0.15, 0.2) is 11.5 Å². The summed E-state index contributed by atoms with van der Waals surface area (Å²) < 4.78 is 17.0. The molecule has 2 N–H and O–H groups in total. The predicted molar refractivity (Wildman–Crippen MR) is 129 cm³/mol. The van der Waals surface area contributed by atoms with Gasteiger partial charge in [0.1, 0.15) is 17.3 Å². The quantitative estimate of drug-likeness (QED) is 0.401. The van der Waals surface area contributed by atoms with Crippen LogP contribution in [0.5, 0.6) is 0 Å². The fraction of sp³-hybridized carbons (Fsp3) is 0.0800. The van der Waals surface area contributed by atoms with Crippen LogP contribution >= 0.6 is 0 Å². The first-order chi connectivity index (χ1) is 17.0. The van der Waals surface area contributed by atoms with Crippen molar-refractivity contribution in [2.75, 3.05) is 5.32 Å². The van der Waals surface area contributed by atoms with E-state index in [4.69, 9.17) is 5.10 Å². The van der Waals surface area contributed by atoms with Gasteiger partial charge in [-0.1, -0.05) is 0 Å². The Bertz CT molecular complexity index is 1730. The zero-order valence-electron chi connectivity index (χ0n) is 18.8. The molecule has 0 aliphatic heterocycles. The molecule has 6 aromatic rings. The highest BCUT2D eigenvalue weighted by molar-refractivity contribution is 6.12. The Kier molecular flexibility index (Phi) is 4.66. The van der Waals surface area contributed by atoms with Crippen LogP contribution in [0.25, 0.3) is 39.2 Å². The van der Waals surface area contributed by atoms with E-state index in [9.17, 15) is 9.18 Å². The normalized spacial score (nSPS) is 11.4. The van der Waals surface area contributed by atoms with Crippen molar-refractivity contribution < 1.29 is 9.18 Å². The third kappa shape index (κ3) is 3.52. The molecule has 6 rings (SSSR count). The van der Waals surface area contributed by atoms with Crippen molar-refractivity contribution in [3.8, 4) is 22.6 Å². The number of halogens is 1. The van der Waals surface area contributed by atoms with Gasteiger partial charge in [0.05, 0.1) is 23.1 Å². The van der Waals surface area contributed by atoms with Crippen LogP contribution in [-0.4, -0.2) is 40.0 Å². The molecule has 0 saturated carbocycles. The van der Waals surface area contributed by atoms with Crippen LogP contribution in [0.2, 0.25) is 0 Å². The maximum Gasteiger partial charge on any atom is 0.259 e. The fourth-order valence-electron chi connectivity index (χ4n) is 4.12. The van der Waals surface area contributed by atoms with Crippen LogP contribution < -0.4 is 5.32 Å². The van der Waals surface area contributed by atoms with Crippen LogP contribution in [-0.2, 0) is 7.05 Å². The predicted octanol–water partition coefficient (Wildman–Crippen LogP) is 4.37. The largest absolute Gasteiger partial charge is 0.360 e. The summed E-state index contributed by atoms with van der Waals surface area (Å²) in [6, 6.07) is 11.7. The van der Waals surface area contributed by atoms with Crippen molar-refractivity contribution in [3.63, 3.8) is 0 Å². The number of nitrogens with one attached hydrogen (secondary N) is 2. The minimum absolute atomic E-state index is 0.297. The lowest BCUT2D eigenvalue weighted by atomic mass is 10.1. The molecule has 0 saturated heterocycles. The van der Waals surface area contributed by atoms with E-state index in [1.54, 1.807) is 41.4 Å². The van der Waals surface area contributed by atoms with E-state index < -0.39 is 0 Å². The molecule has 10 heteroatoms. The molecule has 1 aromatic carbocycles. The summed E-state index contributed by atoms with van der Waals surface area (Å²) in [6.07, 6.45) is 6.62. The number of benzene rings is 1. The lowest BCUT2D eigenvalue weighted by Crippen LogP contribution is -2.11. The number of hydrogen-bond donors (Lipinski definition) is 2. The summed E-state index contributed by atoms with van der Waals surface area (Å²) in [4.78, 5) is 29.2. The number of carbonyl (C=O) groups is 1. The molecule has 0 unspecified atom stereocenters. The van der Waals surface area contributed by atoms with Crippen LogP contribution in [0.4, 0.5) is 10.2 Å². The van der Waals surface area contributed by atoms with Gasteiger partial charge in [-0.3, -0.25) is 9.78 Å². The maximum atomic E-state index is 13.5. The van der Waals surface area contributed by atoms with Gasteiger partial charge in [0.2, 0.25) is 0 Å². The SMILES string of the molecule is Cc1nc(-c2ccc(F)cc2)c(-c2ccc3nc(NC(=O)c4c[nH]c5ccncc45)cn3n2)n1C. The Balaban J connectivity index is 1.36. The van der Waals surface area contributed by atoms with Crippen LogP contribution in [0.15, 0.2) is 67.3 Å². The fourth-order valence-corrected chi connectivity index (χ4v) is 4.12. The van der Waals surface area contributed by atoms with Gasteiger partial charge >= 0.3 is 0 Å². The molecule has 172 valence electrons. The smallest absolute Gasteiger partial charge is 0.259 e. The molecule has 0 aliphatic rings. The number of anilines is 1. The van der Waals surface area contributed by atoms with Gasteiger partial charge in [-0.2, -0.15) is 5.10 Å². The molecule has 0 atom stereocenters. The van der Waals surface area contributed by atoms with Crippen molar-refractivity contribution in [3.05, 3.63) is 84.5 Å². The summed E-state index contributed by atoms with van der Waals surface area (Å²) in [5, 5.41) is 8.28. The minimum atomic E-state index is -0.306. The molecule has 0 spiro atoms. The molecule has 9 nitrogen and oxygen atoms in total. The Morgan fingerprint density at radius 3 is 2.74 bits per heavy atom. The van der Waals surface area contributed by atoms with Gasteiger partial charge in [0, 0.05) is 42.1 Å². The molecule has 0 fully saturated rings. The molecule has 0 bridgehead atoms. The van der Waals surface area contributed by atoms with E-state index in [1.165, 1.54) is 12.1 Å². The Hall–Kier alpha value is -4.86. The average Bonchev–Trinajstić information content (AvgIpc) is 3.54. The average molecular weight is 466 g/mol. The zero-order valence-corrected chi connectivity index (χ0v) is 18.8. The van der Waals surface area contributed by atoms with Gasteiger partial charge in [-0.25, -0.2) is 18.9 Å². The lowest BCUT2D eigenvalue weighted by Gasteiger charge is -2.07. The first kappa shape index (κ1) is 20.7. The monoisotopic (exact) mass is 466 g/mol. The molecule has 1 amide bonds. The van der Waals surface area contributed by atoms with E-state index in [0.717, 1.165) is 28.0 Å². The van der Waals surface area contributed by atoms with E-state index in [-0.39, 0.29) is 11.7 Å². The van der Waals surface area contributed by atoms with Crippen LogP contribution in [0, 0.1) is 12.7 Å². The first-order valence-corrected chi connectivity index (χ1v) is 10.9. The maximum absolute atomic E-state index is 13.5. The number of hydrogen-bond acceptors (Lipinski definition) is 5. The van der Waals surface area contributed by atoms with Crippen molar-refractivity contribution in [2.24, 2.45) is 7.05 Å². The van der Waals surface area contributed by atoms with Crippen molar-refractivity contribution in [1.82, 2.24) is 34.1 Å². The standard InChI is InChI=1S/C25H19FN8O/c1-14-29-23(15-3-5-16(26)6-4-15)24(33(14)2)20-7-8-22-30-21(13-34(22)32-20)31-25(35)18-12-28-19-9-10-27-11-17(18)19/h3-13,28H,1-2H3,(H,31,35). The van der Waals surface area contributed by atoms with Crippen LogP contribution in [0.3, 0.4) is 0 Å². The highest BCUT2D eigenvalue weighted by Crippen LogP contribution is 2.31. The summed E-state index contributed by atoms with van der Waals surface area (Å²) >= 11 is 0. The molecular formula is C25H19FN8O. The molecule has 0 radical (unpaired) electrons. The Morgan fingerprint density at radius 2 is 1.91 bits per heavy atom. The third-order valence-corrected chi connectivity index (χ3v) is 5.97. The summed E-state index contributed by atoms with van der Waals surface area (Å²) in [5.74, 6) is 0.569. The zero-order chi connectivity index (χ0) is 24.1. The number of aromatic amines is 1. The number of pyridine rings is 1. The van der Waals surface area contributed by atoms with E-state index in [1.807, 2.05) is 36.7 Å². The minimum Gasteiger partial charge on any atom is -0.360 e. The van der Waals surface area contributed by atoms with Gasteiger partial charge < -0.3 is 14.9 Å². The number of nitrogens with zero attached hydrogens (tertiary/aromatic N) is 6. The second-order valence-corrected chi connectivity index (χ2v) is 8.15. The van der Waals surface area contributed by atoms with Crippen molar-refractivity contribution >= 4 is 28.3 Å². The number of H-pyrrole nitrogens is 1. The summed E-state index contributed by atoms with van der Waals surface area (Å²) in [5.41, 5.74) is 4.84. The number of carbonyl (C=O) groups excluding carboxylic acids is 1. The first-order valence-electron chi connectivity index (χ1n) is 10.9. The van der Waals surface area contributed by atoms with Gasteiger partial charge in [-0.05, 0) is 49.4 Å². The number of amides is 1. The van der Waals surface area contributed by atoms with E-state index >= 15 is 0 Å². The highest BCUT2D eigenvalue weighted by atomic mass is 19.1. The molecular weight excluding hydrogens is 447 g/mol. The van der Waals surface area contributed by atoms with Gasteiger partial charge in [-0.15, -0.1) is 0 Å². The highest BCUT2D eigenvalue weighted by Gasteiger charge is 2.19. The second kappa shape index (κ2) is 7.87. The number of rotatable bonds is 4. The van der Waals surface area contributed by atoms with E-state index in [0.29, 0.717) is 28.4 Å². The Labute approximate surface area is 198 Å².